The van der Waals surface area contributed by atoms with Crippen molar-refractivity contribution in [2.45, 2.75) is 9.24 Å². The predicted molar refractivity (Wildman–Crippen MR) is 100 cm³/mol. The lowest BCUT2D eigenvalue weighted by atomic mass is 10.2. The van der Waals surface area contributed by atoms with Crippen molar-refractivity contribution in [3.63, 3.8) is 0 Å². The van der Waals surface area contributed by atoms with Gasteiger partial charge in [-0.25, -0.2) is 0 Å². The summed E-state index contributed by atoms with van der Waals surface area (Å²) in [7, 11) is 0. The quantitative estimate of drug-likeness (QED) is 0.433. The highest BCUT2D eigenvalue weighted by atomic mass is 32.2. The lowest BCUT2D eigenvalue weighted by Gasteiger charge is -2.02. The molecule has 0 fully saturated rings. The minimum absolute atomic E-state index is 0.193. The van der Waals surface area contributed by atoms with Crippen LogP contribution in [0.3, 0.4) is 0 Å². The van der Waals surface area contributed by atoms with Crippen molar-refractivity contribution >= 4 is 51.0 Å². The molecule has 1 heterocycles. The van der Waals surface area contributed by atoms with Crippen LogP contribution in [-0.4, -0.2) is 25.0 Å². The average molecular weight is 420 g/mol. The van der Waals surface area contributed by atoms with Crippen LogP contribution in [0.1, 0.15) is 0 Å². The second-order valence-corrected chi connectivity index (χ2v) is 7.29. The van der Waals surface area contributed by atoms with Gasteiger partial charge in [0, 0.05) is 5.69 Å². The molecular formula is C14H8N6O6S2. The van der Waals surface area contributed by atoms with Gasteiger partial charge in [0.2, 0.25) is 5.13 Å². The van der Waals surface area contributed by atoms with Gasteiger partial charge in [-0.1, -0.05) is 29.5 Å². The fourth-order valence-corrected chi connectivity index (χ4v) is 3.98. The summed E-state index contributed by atoms with van der Waals surface area (Å²) in [6.45, 7) is 0. The fourth-order valence-electron chi connectivity index (χ4n) is 2.10. The number of hydrogen-bond donors (Lipinski definition) is 1. The normalized spacial score (nSPS) is 10.4. The summed E-state index contributed by atoms with van der Waals surface area (Å²) in [6, 6.07) is 10.4. The van der Waals surface area contributed by atoms with Gasteiger partial charge in [-0.3, -0.25) is 30.3 Å². The Kier molecular flexibility index (Phi) is 5.42. The molecule has 0 atom stereocenters. The number of nitrogens with one attached hydrogen (secondary N) is 1. The molecule has 12 nitrogen and oxygen atoms in total. The number of nitro groups is 3. The highest BCUT2D eigenvalue weighted by Gasteiger charge is 2.32. The number of aromatic nitrogens is 2. The van der Waals surface area contributed by atoms with Crippen molar-refractivity contribution < 1.29 is 14.8 Å². The lowest BCUT2D eigenvalue weighted by Crippen LogP contribution is -1.99. The van der Waals surface area contributed by atoms with E-state index in [9.17, 15) is 30.3 Å². The largest absolute Gasteiger partial charge is 0.330 e. The molecule has 0 bridgehead atoms. The van der Waals surface area contributed by atoms with E-state index >= 15 is 0 Å². The zero-order chi connectivity index (χ0) is 20.3. The first-order valence-corrected chi connectivity index (χ1v) is 8.93. The minimum Gasteiger partial charge on any atom is -0.330 e. The van der Waals surface area contributed by atoms with Crippen LogP contribution in [0.4, 0.5) is 27.9 Å². The zero-order valence-corrected chi connectivity index (χ0v) is 15.2. The molecule has 0 saturated heterocycles. The van der Waals surface area contributed by atoms with Crippen molar-refractivity contribution in [2.75, 3.05) is 5.32 Å². The third-order valence-corrected chi connectivity index (χ3v) is 5.27. The monoisotopic (exact) mass is 420 g/mol. The summed E-state index contributed by atoms with van der Waals surface area (Å²) in [5, 5.41) is 44.6. The topological polar surface area (TPSA) is 167 Å². The van der Waals surface area contributed by atoms with Crippen molar-refractivity contribution in [1.82, 2.24) is 10.2 Å². The maximum absolute atomic E-state index is 11.3. The van der Waals surface area contributed by atoms with E-state index in [1.54, 1.807) is 12.1 Å². The van der Waals surface area contributed by atoms with Gasteiger partial charge >= 0.3 is 0 Å². The molecule has 1 N–H and O–H groups in total. The molecule has 0 radical (unpaired) electrons. The maximum atomic E-state index is 11.3. The van der Waals surface area contributed by atoms with Crippen LogP contribution in [0.25, 0.3) is 0 Å². The first-order valence-electron chi connectivity index (χ1n) is 7.30. The summed E-state index contributed by atoms with van der Waals surface area (Å²) in [6.07, 6.45) is 0. The van der Waals surface area contributed by atoms with Gasteiger partial charge in [0.15, 0.2) is 9.24 Å². The molecule has 0 saturated carbocycles. The molecule has 0 aliphatic carbocycles. The van der Waals surface area contributed by atoms with Gasteiger partial charge < -0.3 is 5.32 Å². The molecule has 142 valence electrons. The SMILES string of the molecule is O=[N+]([O-])c1cc([N+](=O)[O-])c(Sc2nnc(Nc3ccccc3)s2)c([N+](=O)[O-])c1. The Labute approximate surface area is 163 Å². The van der Waals surface area contributed by atoms with Gasteiger partial charge in [-0.2, -0.15) is 0 Å². The van der Waals surface area contributed by atoms with Crippen LogP contribution in [0.15, 0.2) is 51.7 Å². The van der Waals surface area contributed by atoms with Crippen LogP contribution in [0.5, 0.6) is 0 Å². The highest BCUT2D eigenvalue weighted by Crippen LogP contribution is 2.45. The number of para-hydroxylation sites is 1. The van der Waals surface area contributed by atoms with Gasteiger partial charge in [0.25, 0.3) is 17.1 Å². The Morgan fingerprint density at radius 2 is 1.50 bits per heavy atom. The van der Waals surface area contributed by atoms with Crippen LogP contribution in [-0.2, 0) is 0 Å². The van der Waals surface area contributed by atoms with E-state index in [0.717, 1.165) is 17.0 Å². The first kappa shape index (κ1) is 19.1. The smallest absolute Gasteiger partial charge is 0.297 e. The van der Waals surface area contributed by atoms with Gasteiger partial charge in [-0.05, 0) is 23.9 Å². The van der Waals surface area contributed by atoms with Gasteiger partial charge in [0.05, 0.1) is 26.9 Å². The summed E-state index contributed by atoms with van der Waals surface area (Å²) < 4.78 is 0.193. The summed E-state index contributed by atoms with van der Waals surface area (Å²) >= 11 is 1.67. The highest BCUT2D eigenvalue weighted by molar-refractivity contribution is 8.01. The molecule has 0 spiro atoms. The molecule has 2 aromatic carbocycles. The molecule has 3 rings (SSSR count). The maximum Gasteiger partial charge on any atom is 0.297 e. The number of rotatable bonds is 7. The minimum atomic E-state index is -0.929. The van der Waals surface area contributed by atoms with E-state index in [-0.39, 0.29) is 9.24 Å². The Balaban J connectivity index is 1.96. The standard InChI is InChI=1S/C14H8N6O6S2/c21-18(22)9-6-10(19(23)24)12(11(7-9)20(25)26)27-14-17-16-13(28-14)15-8-4-2-1-3-5-8/h1-7H,(H,15,16). The van der Waals surface area contributed by atoms with Crippen LogP contribution < -0.4 is 5.32 Å². The van der Waals surface area contributed by atoms with Crippen molar-refractivity contribution in [3.8, 4) is 0 Å². The number of hydrogen-bond acceptors (Lipinski definition) is 11. The van der Waals surface area contributed by atoms with E-state index < -0.39 is 31.8 Å². The number of benzene rings is 2. The Morgan fingerprint density at radius 3 is 2.04 bits per heavy atom. The third-order valence-electron chi connectivity index (χ3n) is 3.26. The number of nitro benzene ring substituents is 3. The summed E-state index contributed by atoms with van der Waals surface area (Å²) in [5.74, 6) is 0. The fraction of sp³-hybridized carbons (Fsp3) is 0. The molecule has 0 aliphatic rings. The Morgan fingerprint density at radius 1 is 0.893 bits per heavy atom. The van der Waals surface area contributed by atoms with Crippen molar-refractivity contribution in [1.29, 1.82) is 0 Å². The molecule has 0 unspecified atom stereocenters. The Bertz CT molecular complexity index is 1040. The molecule has 0 amide bonds. The molecule has 14 heteroatoms. The number of anilines is 2. The van der Waals surface area contributed by atoms with Crippen molar-refractivity contribution in [2.24, 2.45) is 0 Å². The molecule has 1 aromatic heterocycles. The van der Waals surface area contributed by atoms with Crippen molar-refractivity contribution in [3.05, 3.63) is 72.8 Å². The second-order valence-electron chi connectivity index (χ2n) is 5.05. The summed E-state index contributed by atoms with van der Waals surface area (Å²) in [4.78, 5) is 30.4. The molecule has 0 aliphatic heterocycles. The predicted octanol–water partition coefficient (Wildman–Crippen LogP) is 4.16. The molecular weight excluding hydrogens is 412 g/mol. The molecule has 3 aromatic rings. The van der Waals surface area contributed by atoms with Crippen LogP contribution >= 0.6 is 23.1 Å². The second kappa shape index (κ2) is 7.93. The Hall–Kier alpha value is -3.65. The third kappa shape index (κ3) is 4.18. The van der Waals surface area contributed by atoms with Gasteiger partial charge in [0.1, 0.15) is 0 Å². The average Bonchev–Trinajstić information content (AvgIpc) is 3.08. The number of non-ortho nitro benzene ring substituents is 1. The summed E-state index contributed by atoms with van der Waals surface area (Å²) in [5.41, 5.74) is -1.51. The first-order chi connectivity index (χ1) is 13.3. The lowest BCUT2D eigenvalue weighted by molar-refractivity contribution is -0.407. The van der Waals surface area contributed by atoms with Crippen LogP contribution in [0.2, 0.25) is 0 Å². The van der Waals surface area contributed by atoms with E-state index in [1.165, 1.54) is 0 Å². The van der Waals surface area contributed by atoms with E-state index in [0.29, 0.717) is 29.0 Å². The van der Waals surface area contributed by atoms with Gasteiger partial charge in [-0.15, -0.1) is 10.2 Å². The molecule has 28 heavy (non-hydrogen) atoms. The van der Waals surface area contributed by atoms with E-state index in [4.69, 9.17) is 0 Å². The zero-order valence-electron chi connectivity index (χ0n) is 13.5. The number of nitrogens with zero attached hydrogens (tertiary/aromatic N) is 5. The van der Waals surface area contributed by atoms with E-state index in [2.05, 4.69) is 15.5 Å². The van der Waals surface area contributed by atoms with Crippen LogP contribution in [0, 0.1) is 30.3 Å². The van der Waals surface area contributed by atoms with E-state index in [1.807, 2.05) is 18.2 Å².